The Hall–Kier alpha value is -3.02. The summed E-state index contributed by atoms with van der Waals surface area (Å²) in [5.41, 5.74) is 12.6. The maximum absolute atomic E-state index is 6.52. The van der Waals surface area contributed by atoms with Crippen molar-refractivity contribution in [3.05, 3.63) is 72.1 Å². The van der Waals surface area contributed by atoms with Crippen molar-refractivity contribution in [1.82, 2.24) is 9.97 Å². The molecule has 5 rings (SSSR count). The van der Waals surface area contributed by atoms with Gasteiger partial charge in [-0.1, -0.05) is 67.9 Å². The zero-order valence-corrected chi connectivity index (χ0v) is 18.5. The van der Waals surface area contributed by atoms with Crippen LogP contribution in [0.2, 0.25) is 0 Å². The highest BCUT2D eigenvalue weighted by Crippen LogP contribution is 2.42. The van der Waals surface area contributed by atoms with Gasteiger partial charge >= 0.3 is 0 Å². The van der Waals surface area contributed by atoms with Crippen LogP contribution in [0.5, 0.6) is 0 Å². The second-order valence-electron chi connectivity index (χ2n) is 8.68. The van der Waals surface area contributed by atoms with Crippen molar-refractivity contribution in [3.63, 3.8) is 0 Å². The minimum Gasteiger partial charge on any atom is -0.436 e. The SMILES string of the molecule is CCCCOCc1cnc2oc(-c3ccc(C4(N)CCC4)cc3)c(-c3ccccc3)c2n1. The molecule has 5 nitrogen and oxygen atoms in total. The minimum atomic E-state index is -0.176. The van der Waals surface area contributed by atoms with Crippen molar-refractivity contribution in [2.24, 2.45) is 5.73 Å². The number of unbranched alkanes of at least 4 members (excludes halogenated alkanes) is 1. The van der Waals surface area contributed by atoms with Gasteiger partial charge in [0.05, 0.1) is 24.1 Å². The van der Waals surface area contributed by atoms with E-state index >= 15 is 0 Å². The standard InChI is InChI=1S/C27H29N3O2/c1-2-3-16-31-18-22-17-29-26-24(30-22)23(19-8-5-4-6-9-19)25(32-26)20-10-12-21(13-11-20)27(28)14-7-15-27/h4-6,8-13,17H,2-3,7,14-16,18,28H2,1H3. The van der Waals surface area contributed by atoms with Gasteiger partial charge in [0.15, 0.2) is 0 Å². The van der Waals surface area contributed by atoms with Gasteiger partial charge < -0.3 is 14.9 Å². The lowest BCUT2D eigenvalue weighted by molar-refractivity contribution is 0.115. The Morgan fingerprint density at radius 3 is 2.50 bits per heavy atom. The monoisotopic (exact) mass is 427 g/mol. The third-order valence-electron chi connectivity index (χ3n) is 6.37. The van der Waals surface area contributed by atoms with E-state index in [1.54, 1.807) is 6.20 Å². The Balaban J connectivity index is 1.56. The van der Waals surface area contributed by atoms with Crippen LogP contribution in [0.1, 0.15) is 50.3 Å². The lowest BCUT2D eigenvalue weighted by Crippen LogP contribution is -2.43. The largest absolute Gasteiger partial charge is 0.436 e. The zero-order valence-electron chi connectivity index (χ0n) is 18.5. The van der Waals surface area contributed by atoms with E-state index in [-0.39, 0.29) is 5.54 Å². The maximum atomic E-state index is 6.52. The molecule has 32 heavy (non-hydrogen) atoms. The molecule has 0 saturated heterocycles. The fourth-order valence-electron chi connectivity index (χ4n) is 4.28. The van der Waals surface area contributed by atoms with Crippen LogP contribution in [0.4, 0.5) is 0 Å². The first kappa shape index (κ1) is 20.9. The number of aromatic nitrogens is 2. The average molecular weight is 428 g/mol. The molecule has 2 N–H and O–H groups in total. The van der Waals surface area contributed by atoms with Crippen LogP contribution >= 0.6 is 0 Å². The molecule has 4 aromatic rings. The Morgan fingerprint density at radius 2 is 1.81 bits per heavy atom. The van der Waals surface area contributed by atoms with E-state index in [1.165, 1.54) is 12.0 Å². The molecule has 5 heteroatoms. The van der Waals surface area contributed by atoms with E-state index in [2.05, 4.69) is 48.3 Å². The first-order valence-electron chi connectivity index (χ1n) is 11.5. The van der Waals surface area contributed by atoms with Gasteiger partial charge in [-0.15, -0.1) is 0 Å². The average Bonchev–Trinajstić information content (AvgIpc) is 3.20. The summed E-state index contributed by atoms with van der Waals surface area (Å²) >= 11 is 0. The quantitative estimate of drug-likeness (QED) is 0.338. The summed E-state index contributed by atoms with van der Waals surface area (Å²) < 4.78 is 12.0. The Labute approximate surface area is 188 Å². The fraction of sp³-hybridized carbons (Fsp3) is 0.333. The van der Waals surface area contributed by atoms with E-state index in [9.17, 15) is 0 Å². The third kappa shape index (κ3) is 3.94. The highest BCUT2D eigenvalue weighted by Gasteiger charge is 2.34. The summed E-state index contributed by atoms with van der Waals surface area (Å²) in [4.78, 5) is 9.44. The fourth-order valence-corrected chi connectivity index (χ4v) is 4.28. The Kier molecular flexibility index (Phi) is 5.77. The summed E-state index contributed by atoms with van der Waals surface area (Å²) in [6.07, 6.45) is 7.18. The van der Waals surface area contributed by atoms with Crippen molar-refractivity contribution < 1.29 is 9.15 Å². The predicted octanol–water partition coefficient (Wildman–Crippen LogP) is 6.21. The van der Waals surface area contributed by atoms with Gasteiger partial charge in [-0.3, -0.25) is 0 Å². The number of hydrogen-bond donors (Lipinski definition) is 1. The molecule has 1 aliphatic carbocycles. The number of rotatable bonds is 8. The molecule has 164 valence electrons. The molecule has 0 amide bonds. The normalized spacial score (nSPS) is 15.1. The van der Waals surface area contributed by atoms with Gasteiger partial charge in [-0.05, 0) is 36.8 Å². The molecule has 1 aliphatic rings. The van der Waals surface area contributed by atoms with Gasteiger partial charge in [-0.25, -0.2) is 9.97 Å². The summed E-state index contributed by atoms with van der Waals surface area (Å²) in [5.74, 6) is 0.779. The molecule has 2 aromatic carbocycles. The summed E-state index contributed by atoms with van der Waals surface area (Å²) in [6, 6.07) is 18.7. The van der Waals surface area contributed by atoms with Gasteiger partial charge in [0.1, 0.15) is 11.3 Å². The van der Waals surface area contributed by atoms with Crippen molar-refractivity contribution in [1.29, 1.82) is 0 Å². The molecule has 0 atom stereocenters. The second kappa shape index (κ2) is 8.85. The number of furan rings is 1. The summed E-state index contributed by atoms with van der Waals surface area (Å²) in [5, 5.41) is 0. The molecule has 1 fully saturated rings. The van der Waals surface area contributed by atoms with Crippen LogP contribution in [-0.2, 0) is 16.9 Å². The third-order valence-corrected chi connectivity index (χ3v) is 6.37. The van der Waals surface area contributed by atoms with Crippen molar-refractivity contribution in [3.8, 4) is 22.5 Å². The van der Waals surface area contributed by atoms with E-state index in [0.717, 1.165) is 66.0 Å². The van der Waals surface area contributed by atoms with Crippen LogP contribution in [0.15, 0.2) is 65.2 Å². The molecule has 0 spiro atoms. The number of hydrogen-bond acceptors (Lipinski definition) is 5. The van der Waals surface area contributed by atoms with Crippen molar-refractivity contribution in [2.45, 2.75) is 51.2 Å². The van der Waals surface area contributed by atoms with E-state index in [1.807, 2.05) is 18.2 Å². The molecule has 2 heterocycles. The highest BCUT2D eigenvalue weighted by molar-refractivity contribution is 5.98. The number of fused-ring (bicyclic) bond motifs is 1. The molecule has 0 bridgehead atoms. The molecule has 0 radical (unpaired) electrons. The van der Waals surface area contributed by atoms with Crippen LogP contribution in [-0.4, -0.2) is 16.6 Å². The van der Waals surface area contributed by atoms with E-state index in [0.29, 0.717) is 12.3 Å². The molecule has 0 unspecified atom stereocenters. The maximum Gasteiger partial charge on any atom is 0.246 e. The minimum absolute atomic E-state index is 0.176. The second-order valence-corrected chi connectivity index (χ2v) is 8.68. The van der Waals surface area contributed by atoms with Gasteiger partial charge in [0.2, 0.25) is 5.71 Å². The van der Waals surface area contributed by atoms with Gasteiger partial charge in [0, 0.05) is 17.7 Å². The molecule has 1 saturated carbocycles. The number of nitrogens with zero attached hydrogens (tertiary/aromatic N) is 2. The van der Waals surface area contributed by atoms with Gasteiger partial charge in [0.25, 0.3) is 0 Å². The summed E-state index contributed by atoms with van der Waals surface area (Å²) in [6.45, 7) is 3.33. The van der Waals surface area contributed by atoms with Crippen LogP contribution in [0, 0.1) is 0 Å². The van der Waals surface area contributed by atoms with Gasteiger partial charge in [-0.2, -0.15) is 0 Å². The highest BCUT2D eigenvalue weighted by atomic mass is 16.5. The first-order valence-corrected chi connectivity index (χ1v) is 11.5. The molecular formula is C27H29N3O2. The van der Waals surface area contributed by atoms with E-state index in [4.69, 9.17) is 19.9 Å². The van der Waals surface area contributed by atoms with Crippen LogP contribution in [0.3, 0.4) is 0 Å². The van der Waals surface area contributed by atoms with Crippen LogP contribution in [0.25, 0.3) is 33.7 Å². The molecular weight excluding hydrogens is 398 g/mol. The molecule has 0 aliphatic heterocycles. The lowest BCUT2D eigenvalue weighted by Gasteiger charge is -2.38. The van der Waals surface area contributed by atoms with Crippen LogP contribution < -0.4 is 5.73 Å². The summed E-state index contributed by atoms with van der Waals surface area (Å²) in [7, 11) is 0. The number of ether oxygens (including phenoxy) is 1. The predicted molar refractivity (Wildman–Crippen MR) is 127 cm³/mol. The smallest absolute Gasteiger partial charge is 0.246 e. The zero-order chi connectivity index (χ0) is 22.0. The van der Waals surface area contributed by atoms with Crippen molar-refractivity contribution >= 4 is 11.2 Å². The number of nitrogens with two attached hydrogens (primary N) is 1. The Bertz CT molecular complexity index is 1200. The lowest BCUT2D eigenvalue weighted by atomic mass is 9.72. The molecule has 2 aromatic heterocycles. The number of benzene rings is 2. The Morgan fingerprint density at radius 1 is 1.03 bits per heavy atom. The van der Waals surface area contributed by atoms with E-state index < -0.39 is 0 Å². The first-order chi connectivity index (χ1) is 15.7. The van der Waals surface area contributed by atoms with Crippen molar-refractivity contribution in [2.75, 3.05) is 6.61 Å². The topological polar surface area (TPSA) is 74.2 Å².